The summed E-state index contributed by atoms with van der Waals surface area (Å²) in [5.41, 5.74) is -0.502. The summed E-state index contributed by atoms with van der Waals surface area (Å²) in [5, 5.41) is 0. The minimum atomic E-state index is -0.502. The highest BCUT2D eigenvalue weighted by molar-refractivity contribution is 14.1. The van der Waals surface area contributed by atoms with Crippen LogP contribution in [0.1, 0.15) is 27.7 Å². The number of nitrogens with zero attached hydrogens (tertiary/aromatic N) is 3. The molecule has 0 bridgehead atoms. The topological polar surface area (TPSA) is 45.7 Å². The maximum atomic E-state index is 13.5. The van der Waals surface area contributed by atoms with Gasteiger partial charge in [-0.1, -0.05) is 0 Å². The Bertz CT molecular complexity index is 542. The lowest BCUT2D eigenvalue weighted by Crippen LogP contribution is -2.54. The van der Waals surface area contributed by atoms with E-state index in [1.54, 1.807) is 4.90 Å². The van der Waals surface area contributed by atoms with Gasteiger partial charge in [0.05, 0.1) is 0 Å². The second kappa shape index (κ2) is 6.55. The molecule has 1 atom stereocenters. The molecule has 1 aliphatic heterocycles. The standard InChI is InChI=1S/C15H21FIN3O2/c1-10-9-19(14(21)22-15(2,3)4)5-6-20(10)13-8-11(17)7-12(16)18-13/h7-8,10H,5-6,9H2,1-4H3/t10-/m0/s1. The summed E-state index contributed by atoms with van der Waals surface area (Å²) in [6, 6.07) is 3.29. The van der Waals surface area contributed by atoms with E-state index >= 15 is 0 Å². The van der Waals surface area contributed by atoms with Gasteiger partial charge in [0.15, 0.2) is 0 Å². The number of anilines is 1. The van der Waals surface area contributed by atoms with Gasteiger partial charge in [0.2, 0.25) is 5.95 Å². The summed E-state index contributed by atoms with van der Waals surface area (Å²) in [7, 11) is 0. The molecule has 0 radical (unpaired) electrons. The lowest BCUT2D eigenvalue weighted by molar-refractivity contribution is 0.0218. The van der Waals surface area contributed by atoms with Crippen molar-refractivity contribution in [3.8, 4) is 0 Å². The van der Waals surface area contributed by atoms with E-state index in [4.69, 9.17) is 4.74 Å². The Labute approximate surface area is 144 Å². The lowest BCUT2D eigenvalue weighted by atomic mass is 10.2. The molecule has 122 valence electrons. The molecule has 2 rings (SSSR count). The van der Waals surface area contributed by atoms with E-state index in [1.807, 2.05) is 38.7 Å². The highest BCUT2D eigenvalue weighted by atomic mass is 127. The molecule has 1 fully saturated rings. The van der Waals surface area contributed by atoms with Gasteiger partial charge in [0.1, 0.15) is 11.4 Å². The summed E-state index contributed by atoms with van der Waals surface area (Å²) in [5.74, 6) is 0.129. The fourth-order valence-corrected chi connectivity index (χ4v) is 2.93. The molecule has 2 heterocycles. The average molecular weight is 421 g/mol. The Morgan fingerprint density at radius 3 is 2.64 bits per heavy atom. The molecule has 0 unspecified atom stereocenters. The maximum absolute atomic E-state index is 13.5. The van der Waals surface area contributed by atoms with Crippen LogP contribution in [0.5, 0.6) is 0 Å². The average Bonchev–Trinajstić information content (AvgIpc) is 2.35. The summed E-state index contributed by atoms with van der Waals surface area (Å²) in [4.78, 5) is 19.8. The molecule has 1 aromatic rings. The molecule has 0 aliphatic carbocycles. The zero-order valence-corrected chi connectivity index (χ0v) is 15.4. The van der Waals surface area contributed by atoms with Crippen molar-refractivity contribution in [3.05, 3.63) is 21.7 Å². The molecule has 5 nitrogen and oxygen atoms in total. The van der Waals surface area contributed by atoms with Crippen molar-refractivity contribution in [2.24, 2.45) is 0 Å². The van der Waals surface area contributed by atoms with E-state index in [0.717, 1.165) is 3.57 Å². The molecule has 0 spiro atoms. The highest BCUT2D eigenvalue weighted by Crippen LogP contribution is 2.22. The number of carbonyl (C=O) groups is 1. The molecule has 1 saturated heterocycles. The second-order valence-electron chi connectivity index (χ2n) is 6.44. The van der Waals surface area contributed by atoms with Crippen LogP contribution in [0.15, 0.2) is 12.1 Å². The zero-order valence-electron chi connectivity index (χ0n) is 13.3. The van der Waals surface area contributed by atoms with Gasteiger partial charge in [-0.2, -0.15) is 4.39 Å². The third-order valence-corrected chi connectivity index (χ3v) is 3.94. The Kier molecular flexibility index (Phi) is 5.14. The monoisotopic (exact) mass is 421 g/mol. The third kappa shape index (κ3) is 4.44. The Morgan fingerprint density at radius 1 is 1.41 bits per heavy atom. The summed E-state index contributed by atoms with van der Waals surface area (Å²) < 4.78 is 19.7. The van der Waals surface area contributed by atoms with Crippen molar-refractivity contribution in [2.45, 2.75) is 39.3 Å². The first-order valence-corrected chi connectivity index (χ1v) is 8.31. The molecular weight excluding hydrogens is 400 g/mol. The van der Waals surface area contributed by atoms with E-state index in [2.05, 4.69) is 27.6 Å². The first-order valence-electron chi connectivity index (χ1n) is 7.23. The normalized spacial score (nSPS) is 19.3. The minimum absolute atomic E-state index is 0.0476. The molecule has 22 heavy (non-hydrogen) atoms. The maximum Gasteiger partial charge on any atom is 0.410 e. The molecule has 1 aromatic heterocycles. The van der Waals surface area contributed by atoms with Crippen molar-refractivity contribution in [1.82, 2.24) is 9.88 Å². The van der Waals surface area contributed by atoms with Gasteiger partial charge in [-0.25, -0.2) is 9.78 Å². The van der Waals surface area contributed by atoms with Crippen LogP contribution in [0.25, 0.3) is 0 Å². The van der Waals surface area contributed by atoms with Gasteiger partial charge >= 0.3 is 6.09 Å². The minimum Gasteiger partial charge on any atom is -0.444 e. The molecule has 0 aromatic carbocycles. The fraction of sp³-hybridized carbons (Fsp3) is 0.600. The van der Waals surface area contributed by atoms with Crippen molar-refractivity contribution >= 4 is 34.5 Å². The largest absolute Gasteiger partial charge is 0.444 e. The molecule has 0 N–H and O–H groups in total. The van der Waals surface area contributed by atoms with Crippen LogP contribution in [0, 0.1) is 9.52 Å². The van der Waals surface area contributed by atoms with Crippen LogP contribution in [0.4, 0.5) is 15.0 Å². The molecule has 1 aliphatic rings. The van der Waals surface area contributed by atoms with Crippen molar-refractivity contribution in [2.75, 3.05) is 24.5 Å². The van der Waals surface area contributed by atoms with Crippen LogP contribution in [-0.2, 0) is 4.74 Å². The van der Waals surface area contributed by atoms with Gasteiger partial charge in [-0.3, -0.25) is 0 Å². The fourth-order valence-electron chi connectivity index (χ4n) is 2.39. The SMILES string of the molecule is C[C@H]1CN(C(=O)OC(C)(C)C)CCN1c1cc(I)cc(F)n1. The first-order chi connectivity index (χ1) is 10.2. The number of hydrogen-bond donors (Lipinski definition) is 0. The Balaban J connectivity index is 2.05. The zero-order chi connectivity index (χ0) is 16.5. The van der Waals surface area contributed by atoms with Crippen LogP contribution in [-0.4, -0.2) is 47.3 Å². The second-order valence-corrected chi connectivity index (χ2v) is 7.68. The van der Waals surface area contributed by atoms with Gasteiger partial charge in [0, 0.05) is 35.3 Å². The predicted octanol–water partition coefficient (Wildman–Crippen LogP) is 3.27. The summed E-state index contributed by atoms with van der Waals surface area (Å²) in [6.45, 7) is 9.22. The number of halogens is 2. The molecular formula is C15H21FIN3O2. The van der Waals surface area contributed by atoms with Gasteiger partial charge < -0.3 is 14.5 Å². The van der Waals surface area contributed by atoms with E-state index < -0.39 is 11.5 Å². The highest BCUT2D eigenvalue weighted by Gasteiger charge is 2.30. The third-order valence-electron chi connectivity index (χ3n) is 3.32. The van der Waals surface area contributed by atoms with Gasteiger partial charge in [0.25, 0.3) is 0 Å². The van der Waals surface area contributed by atoms with Crippen molar-refractivity contribution in [3.63, 3.8) is 0 Å². The number of ether oxygens (including phenoxy) is 1. The quantitative estimate of drug-likeness (QED) is 0.516. The number of piperazine rings is 1. The number of carbonyl (C=O) groups excluding carboxylic acids is 1. The van der Waals surface area contributed by atoms with E-state index in [9.17, 15) is 9.18 Å². The van der Waals surface area contributed by atoms with Gasteiger partial charge in [-0.15, -0.1) is 0 Å². The summed E-state index contributed by atoms with van der Waals surface area (Å²) >= 11 is 2.07. The number of pyridine rings is 1. The molecule has 1 amide bonds. The van der Waals surface area contributed by atoms with Crippen molar-refractivity contribution < 1.29 is 13.9 Å². The predicted molar refractivity (Wildman–Crippen MR) is 91.5 cm³/mol. The van der Waals surface area contributed by atoms with Crippen LogP contribution in [0.3, 0.4) is 0 Å². The molecule has 7 heteroatoms. The Hall–Kier alpha value is -1.12. The smallest absolute Gasteiger partial charge is 0.410 e. The summed E-state index contributed by atoms with van der Waals surface area (Å²) in [6.07, 6.45) is -0.305. The Morgan fingerprint density at radius 2 is 2.09 bits per heavy atom. The number of hydrogen-bond acceptors (Lipinski definition) is 4. The number of amides is 1. The number of rotatable bonds is 1. The van der Waals surface area contributed by atoms with E-state index in [0.29, 0.717) is 25.5 Å². The number of aromatic nitrogens is 1. The van der Waals surface area contributed by atoms with Crippen LogP contribution in [0.2, 0.25) is 0 Å². The van der Waals surface area contributed by atoms with E-state index in [-0.39, 0.29) is 12.1 Å². The van der Waals surface area contributed by atoms with E-state index in [1.165, 1.54) is 6.07 Å². The first kappa shape index (κ1) is 17.2. The molecule has 0 saturated carbocycles. The van der Waals surface area contributed by atoms with Gasteiger partial charge in [-0.05, 0) is 56.4 Å². The van der Waals surface area contributed by atoms with Crippen LogP contribution < -0.4 is 4.90 Å². The van der Waals surface area contributed by atoms with Crippen molar-refractivity contribution in [1.29, 1.82) is 0 Å². The van der Waals surface area contributed by atoms with Crippen LogP contribution >= 0.6 is 22.6 Å². The lowest BCUT2D eigenvalue weighted by Gasteiger charge is -2.40.